The smallest absolute Gasteiger partial charge is 0.332 e. The van der Waals surface area contributed by atoms with Crippen LogP contribution >= 0.6 is 0 Å². The van der Waals surface area contributed by atoms with E-state index >= 15 is 0 Å². The molecule has 2 aliphatic rings. The van der Waals surface area contributed by atoms with E-state index in [9.17, 15) is 14.0 Å². The Morgan fingerprint density at radius 3 is 2.90 bits per heavy atom. The van der Waals surface area contributed by atoms with Crippen molar-refractivity contribution in [3.8, 4) is 0 Å². The van der Waals surface area contributed by atoms with Crippen LogP contribution in [0.2, 0.25) is 0 Å². The van der Waals surface area contributed by atoms with Crippen LogP contribution in [0.15, 0.2) is 30.6 Å². The average molecular weight is 286 g/mol. The molecule has 2 aliphatic heterocycles. The number of aromatic nitrogens is 2. The molecule has 0 saturated carbocycles. The lowest BCUT2D eigenvalue weighted by Crippen LogP contribution is -2.40. The van der Waals surface area contributed by atoms with E-state index in [0.29, 0.717) is 6.42 Å². The molecule has 1 aromatic heterocycles. The van der Waals surface area contributed by atoms with E-state index in [0.717, 1.165) is 16.3 Å². The van der Waals surface area contributed by atoms with Gasteiger partial charge in [-0.2, -0.15) is 0 Å². The highest BCUT2D eigenvalue weighted by atomic mass is 19.1. The summed E-state index contributed by atoms with van der Waals surface area (Å²) < 4.78 is 13.9. The van der Waals surface area contributed by atoms with E-state index < -0.39 is 23.8 Å². The molecule has 1 atom stereocenters. The lowest BCUT2D eigenvalue weighted by Gasteiger charge is -2.25. The van der Waals surface area contributed by atoms with Gasteiger partial charge in [0.2, 0.25) is 0 Å². The molecule has 0 spiro atoms. The van der Waals surface area contributed by atoms with Crippen molar-refractivity contribution in [2.75, 3.05) is 4.90 Å². The maximum atomic E-state index is 13.9. The minimum absolute atomic E-state index is 0.00137. The lowest BCUT2D eigenvalue weighted by molar-refractivity contribution is -0.120. The summed E-state index contributed by atoms with van der Waals surface area (Å²) >= 11 is 0. The van der Waals surface area contributed by atoms with Crippen molar-refractivity contribution in [2.45, 2.75) is 19.0 Å². The number of rotatable bonds is 1. The number of nitrogens with zero attached hydrogens (tertiary/aromatic N) is 3. The number of carbonyl (C=O) groups is 2. The van der Waals surface area contributed by atoms with E-state index in [2.05, 4.69) is 9.97 Å². The highest BCUT2D eigenvalue weighted by molar-refractivity contribution is 6.21. The molecule has 7 heteroatoms. The number of nitrogens with one attached hydrogen (secondary N) is 1. The molecule has 3 amide bonds. The molecule has 0 bridgehead atoms. The Hall–Kier alpha value is -2.70. The Labute approximate surface area is 119 Å². The third kappa shape index (κ3) is 1.60. The van der Waals surface area contributed by atoms with Gasteiger partial charge in [-0.3, -0.25) is 4.79 Å². The first-order chi connectivity index (χ1) is 10.2. The predicted molar refractivity (Wildman–Crippen MR) is 70.9 cm³/mol. The molecule has 1 aromatic carbocycles. The van der Waals surface area contributed by atoms with E-state index in [4.69, 9.17) is 0 Å². The highest BCUT2D eigenvalue weighted by Crippen LogP contribution is 2.32. The van der Waals surface area contributed by atoms with Gasteiger partial charge in [-0.1, -0.05) is 12.1 Å². The number of H-pyrrole nitrogens is 1. The van der Waals surface area contributed by atoms with Gasteiger partial charge in [-0.05, 0) is 12.1 Å². The van der Waals surface area contributed by atoms with Gasteiger partial charge in [0.15, 0.2) is 0 Å². The van der Waals surface area contributed by atoms with Crippen molar-refractivity contribution in [3.05, 3.63) is 47.8 Å². The number of amides is 3. The molecule has 1 fully saturated rings. The van der Waals surface area contributed by atoms with Crippen LogP contribution in [-0.2, 0) is 17.8 Å². The van der Waals surface area contributed by atoms with Crippen molar-refractivity contribution in [1.82, 2.24) is 14.9 Å². The number of para-hydroxylation sites is 1. The number of imidazole rings is 1. The van der Waals surface area contributed by atoms with Gasteiger partial charge in [0.1, 0.15) is 11.9 Å². The molecule has 2 aromatic rings. The van der Waals surface area contributed by atoms with Gasteiger partial charge < -0.3 is 9.88 Å². The number of fused-ring (bicyclic) bond motifs is 2. The molecule has 0 radical (unpaired) electrons. The summed E-state index contributed by atoms with van der Waals surface area (Å²) in [5.74, 6) is -0.991. The van der Waals surface area contributed by atoms with E-state index in [-0.39, 0.29) is 12.2 Å². The molecule has 1 unspecified atom stereocenters. The number of hydrogen-bond acceptors (Lipinski definition) is 3. The quantitative estimate of drug-likeness (QED) is 0.806. The molecule has 3 heterocycles. The van der Waals surface area contributed by atoms with Gasteiger partial charge >= 0.3 is 6.03 Å². The number of aromatic amines is 1. The fraction of sp³-hybridized carbons (Fsp3) is 0.214. The van der Waals surface area contributed by atoms with Crippen LogP contribution in [-0.4, -0.2) is 32.8 Å². The van der Waals surface area contributed by atoms with Crippen molar-refractivity contribution in [1.29, 1.82) is 0 Å². The number of benzene rings is 1. The lowest BCUT2D eigenvalue weighted by atomic mass is 10.0. The van der Waals surface area contributed by atoms with Gasteiger partial charge in [-0.25, -0.2) is 19.1 Å². The maximum Gasteiger partial charge on any atom is 0.332 e. The fourth-order valence-electron chi connectivity index (χ4n) is 2.88. The Kier molecular flexibility index (Phi) is 2.38. The number of carbonyl (C=O) groups excluding carboxylic acids is 2. The van der Waals surface area contributed by atoms with Crippen LogP contribution in [0.5, 0.6) is 0 Å². The van der Waals surface area contributed by atoms with Crippen molar-refractivity contribution < 1.29 is 14.0 Å². The van der Waals surface area contributed by atoms with E-state index in [1.165, 1.54) is 23.1 Å². The molecule has 0 aliphatic carbocycles. The van der Waals surface area contributed by atoms with Crippen LogP contribution < -0.4 is 4.90 Å². The maximum absolute atomic E-state index is 13.9. The summed E-state index contributed by atoms with van der Waals surface area (Å²) in [5.41, 5.74) is 1.61. The molecule has 4 rings (SSSR count). The molecule has 106 valence electrons. The van der Waals surface area contributed by atoms with Gasteiger partial charge in [0, 0.05) is 6.42 Å². The zero-order valence-corrected chi connectivity index (χ0v) is 10.9. The highest BCUT2D eigenvalue weighted by Gasteiger charge is 2.49. The van der Waals surface area contributed by atoms with Gasteiger partial charge in [0.25, 0.3) is 5.91 Å². The van der Waals surface area contributed by atoms with Crippen LogP contribution in [0.3, 0.4) is 0 Å². The van der Waals surface area contributed by atoms with Gasteiger partial charge in [0.05, 0.1) is 29.9 Å². The zero-order valence-electron chi connectivity index (χ0n) is 10.9. The standard InChI is InChI=1S/C14H11FN4O2/c15-8-3-1-2-4-11(8)19-13(20)12-5-9-10(17-7-16-9)6-18(12)14(19)21/h1-4,7,12H,5-6H2,(H,16,17). The minimum Gasteiger partial charge on any atom is -0.347 e. The average Bonchev–Trinajstić information content (AvgIpc) is 3.03. The second kappa shape index (κ2) is 4.15. The first-order valence-corrected chi connectivity index (χ1v) is 6.57. The monoisotopic (exact) mass is 286 g/mol. The first kappa shape index (κ1) is 12.1. The summed E-state index contributed by atoms with van der Waals surface area (Å²) in [6.07, 6.45) is 1.91. The van der Waals surface area contributed by atoms with Gasteiger partial charge in [-0.15, -0.1) is 0 Å². The normalized spacial score (nSPS) is 20.7. The summed E-state index contributed by atoms with van der Waals surface area (Å²) in [6.45, 7) is 0.287. The van der Waals surface area contributed by atoms with Crippen LogP contribution in [0, 0.1) is 5.82 Å². The molecule has 1 N–H and O–H groups in total. The first-order valence-electron chi connectivity index (χ1n) is 6.57. The Balaban J connectivity index is 1.75. The predicted octanol–water partition coefficient (Wildman–Crippen LogP) is 1.44. The van der Waals surface area contributed by atoms with Crippen molar-refractivity contribution in [3.63, 3.8) is 0 Å². The summed E-state index contributed by atoms with van der Waals surface area (Å²) in [6, 6.07) is 4.69. The SMILES string of the molecule is O=C1C2Cc3nc[nH]c3CN2C(=O)N1c1ccccc1F. The van der Waals surface area contributed by atoms with Crippen LogP contribution in [0.25, 0.3) is 0 Å². The van der Waals surface area contributed by atoms with E-state index in [1.807, 2.05) is 0 Å². The Bertz CT molecular complexity index is 718. The molecular formula is C14H11FN4O2. The molecule has 6 nitrogen and oxygen atoms in total. The Morgan fingerprint density at radius 1 is 1.29 bits per heavy atom. The number of imide groups is 1. The largest absolute Gasteiger partial charge is 0.347 e. The van der Waals surface area contributed by atoms with E-state index in [1.54, 1.807) is 12.4 Å². The summed E-state index contributed by atoms with van der Waals surface area (Å²) in [7, 11) is 0. The minimum atomic E-state index is -0.604. The summed E-state index contributed by atoms with van der Waals surface area (Å²) in [5, 5.41) is 0. The zero-order chi connectivity index (χ0) is 14.6. The topological polar surface area (TPSA) is 69.3 Å². The number of halogens is 1. The molecular weight excluding hydrogens is 275 g/mol. The van der Waals surface area contributed by atoms with Crippen LogP contribution in [0.1, 0.15) is 11.4 Å². The fourth-order valence-corrected chi connectivity index (χ4v) is 2.88. The molecule has 1 saturated heterocycles. The van der Waals surface area contributed by atoms with Crippen molar-refractivity contribution in [2.24, 2.45) is 0 Å². The third-order valence-electron chi connectivity index (χ3n) is 3.93. The number of anilines is 1. The number of hydrogen-bond donors (Lipinski definition) is 1. The third-order valence-corrected chi connectivity index (χ3v) is 3.93. The second-order valence-corrected chi connectivity index (χ2v) is 5.08. The summed E-state index contributed by atoms with van der Waals surface area (Å²) in [4.78, 5) is 34.5. The Morgan fingerprint density at radius 2 is 2.10 bits per heavy atom. The second-order valence-electron chi connectivity index (χ2n) is 5.08. The van der Waals surface area contributed by atoms with Crippen LogP contribution in [0.4, 0.5) is 14.9 Å². The number of urea groups is 1. The molecule has 21 heavy (non-hydrogen) atoms. The van der Waals surface area contributed by atoms with Crippen molar-refractivity contribution >= 4 is 17.6 Å².